The molecule has 2 amide bonds. The number of halogens is 1. The van der Waals surface area contributed by atoms with Crippen LogP contribution < -0.4 is 15.5 Å². The van der Waals surface area contributed by atoms with Crippen LogP contribution in [0, 0.1) is 5.82 Å². The molecule has 2 atom stereocenters. The Balaban J connectivity index is 1.42. The van der Waals surface area contributed by atoms with E-state index in [2.05, 4.69) is 15.5 Å². The molecule has 148 valence electrons. The van der Waals surface area contributed by atoms with E-state index in [0.29, 0.717) is 25.3 Å². The van der Waals surface area contributed by atoms with Gasteiger partial charge in [-0.3, -0.25) is 9.59 Å². The first kappa shape index (κ1) is 20.2. The van der Waals surface area contributed by atoms with Crippen LogP contribution in [-0.2, 0) is 16.0 Å². The van der Waals surface area contributed by atoms with Gasteiger partial charge in [-0.15, -0.1) is 11.8 Å². The molecule has 0 aromatic heterocycles. The molecule has 2 aromatic rings. The first-order chi connectivity index (χ1) is 13.5. The largest absolute Gasteiger partial charge is 0.373 e. The Morgan fingerprint density at radius 2 is 1.93 bits per heavy atom. The molecular weight excluding hydrogens is 377 g/mol. The van der Waals surface area contributed by atoms with E-state index in [1.54, 1.807) is 12.1 Å². The van der Waals surface area contributed by atoms with Crippen molar-refractivity contribution in [2.75, 3.05) is 30.8 Å². The number of amides is 2. The van der Waals surface area contributed by atoms with Gasteiger partial charge in [0.05, 0.1) is 5.25 Å². The maximum absolute atomic E-state index is 13.0. The van der Waals surface area contributed by atoms with E-state index in [0.717, 1.165) is 11.3 Å². The lowest BCUT2D eigenvalue weighted by atomic mass is 10.1. The van der Waals surface area contributed by atoms with E-state index < -0.39 is 6.04 Å². The number of hydrogen-bond acceptors (Lipinski definition) is 4. The number of carbonyl (C=O) groups excluding carboxylic acids is 2. The average molecular weight is 402 g/mol. The number of benzene rings is 2. The molecule has 1 fully saturated rings. The molecule has 0 aliphatic carbocycles. The third-order valence-corrected chi connectivity index (χ3v) is 5.98. The van der Waals surface area contributed by atoms with E-state index in [1.807, 2.05) is 37.4 Å². The Hall–Kier alpha value is -2.54. The van der Waals surface area contributed by atoms with Gasteiger partial charge in [-0.05, 0) is 36.2 Å². The summed E-state index contributed by atoms with van der Waals surface area (Å²) in [7, 11) is 1.97. The zero-order valence-electron chi connectivity index (χ0n) is 15.7. The molecule has 0 spiro atoms. The highest BCUT2D eigenvalue weighted by atomic mass is 32.2. The monoisotopic (exact) mass is 401 g/mol. The lowest BCUT2D eigenvalue weighted by molar-refractivity contribution is -0.128. The summed E-state index contributed by atoms with van der Waals surface area (Å²) in [5.74, 6) is -0.0818. The lowest BCUT2D eigenvalue weighted by Gasteiger charge is -2.28. The third-order valence-electron chi connectivity index (χ3n) is 4.67. The summed E-state index contributed by atoms with van der Waals surface area (Å²) >= 11 is 1.47. The highest BCUT2D eigenvalue weighted by Gasteiger charge is 2.32. The zero-order chi connectivity index (χ0) is 19.9. The van der Waals surface area contributed by atoms with Crippen molar-refractivity contribution in [2.45, 2.75) is 17.7 Å². The van der Waals surface area contributed by atoms with Gasteiger partial charge in [-0.1, -0.05) is 30.3 Å². The number of anilines is 1. The second kappa shape index (κ2) is 9.59. The topological polar surface area (TPSA) is 61.4 Å². The van der Waals surface area contributed by atoms with Crippen molar-refractivity contribution in [1.82, 2.24) is 10.6 Å². The van der Waals surface area contributed by atoms with E-state index in [4.69, 9.17) is 0 Å². The van der Waals surface area contributed by atoms with Crippen molar-refractivity contribution in [3.63, 3.8) is 0 Å². The fraction of sp³-hybridized carbons (Fsp3) is 0.333. The highest BCUT2D eigenvalue weighted by Crippen LogP contribution is 2.22. The average Bonchev–Trinajstić information content (AvgIpc) is 2.71. The Morgan fingerprint density at radius 1 is 1.21 bits per heavy atom. The van der Waals surface area contributed by atoms with Crippen LogP contribution in [0.1, 0.15) is 5.56 Å². The first-order valence-electron chi connectivity index (χ1n) is 9.23. The standard InChI is InChI=1S/C21H24FN3O2S/c1-25(17-5-3-2-4-6-17)12-11-23-20(26)18-14-28-19(21(27)24-18)13-15-7-9-16(22)10-8-15/h2-10,18-19H,11-14H2,1H3,(H,23,26)(H,24,27). The van der Waals surface area contributed by atoms with Gasteiger partial charge in [0.1, 0.15) is 11.9 Å². The number of rotatable bonds is 7. The summed E-state index contributed by atoms with van der Waals surface area (Å²) in [6, 6.07) is 15.6. The number of hydrogen-bond donors (Lipinski definition) is 2. The molecule has 0 bridgehead atoms. The molecule has 5 nitrogen and oxygen atoms in total. The van der Waals surface area contributed by atoms with Gasteiger partial charge in [0.2, 0.25) is 11.8 Å². The number of para-hydroxylation sites is 1. The minimum absolute atomic E-state index is 0.151. The highest BCUT2D eigenvalue weighted by molar-refractivity contribution is 8.00. The van der Waals surface area contributed by atoms with Crippen LogP contribution in [0.2, 0.25) is 0 Å². The quantitative estimate of drug-likeness (QED) is 0.747. The Bertz CT molecular complexity index is 801. The molecular formula is C21H24FN3O2S. The summed E-state index contributed by atoms with van der Waals surface area (Å²) in [5.41, 5.74) is 1.99. The van der Waals surface area contributed by atoms with Crippen LogP contribution in [0.3, 0.4) is 0 Å². The summed E-state index contributed by atoms with van der Waals surface area (Å²) < 4.78 is 13.0. The van der Waals surface area contributed by atoms with Crippen molar-refractivity contribution in [3.8, 4) is 0 Å². The van der Waals surface area contributed by atoms with E-state index in [9.17, 15) is 14.0 Å². The van der Waals surface area contributed by atoms with E-state index >= 15 is 0 Å². The normalized spacial score (nSPS) is 19.0. The lowest BCUT2D eigenvalue weighted by Crippen LogP contribution is -2.55. The molecule has 3 rings (SSSR count). The van der Waals surface area contributed by atoms with Crippen molar-refractivity contribution in [3.05, 3.63) is 66.0 Å². The first-order valence-corrected chi connectivity index (χ1v) is 10.3. The molecule has 0 radical (unpaired) electrons. The van der Waals surface area contributed by atoms with Crippen LogP contribution in [-0.4, -0.2) is 49.0 Å². The maximum Gasteiger partial charge on any atom is 0.243 e. The van der Waals surface area contributed by atoms with Crippen LogP contribution in [0.4, 0.5) is 10.1 Å². The summed E-state index contributed by atoms with van der Waals surface area (Å²) in [6.07, 6.45) is 0.521. The number of nitrogens with one attached hydrogen (secondary N) is 2. The predicted octanol–water partition coefficient (Wildman–Crippen LogP) is 2.22. The second-order valence-corrected chi connectivity index (χ2v) is 8.00. The van der Waals surface area contributed by atoms with Crippen molar-refractivity contribution >= 4 is 29.3 Å². The zero-order valence-corrected chi connectivity index (χ0v) is 16.5. The molecule has 1 heterocycles. The van der Waals surface area contributed by atoms with Crippen molar-refractivity contribution in [1.29, 1.82) is 0 Å². The smallest absolute Gasteiger partial charge is 0.243 e. The molecule has 1 aliphatic rings. The number of nitrogens with zero attached hydrogens (tertiary/aromatic N) is 1. The SMILES string of the molecule is CN(CCNC(=O)C1CSC(Cc2ccc(F)cc2)C(=O)N1)c1ccccc1. The van der Waals surface area contributed by atoms with Gasteiger partial charge in [0, 0.05) is 31.6 Å². The van der Waals surface area contributed by atoms with Gasteiger partial charge < -0.3 is 15.5 Å². The van der Waals surface area contributed by atoms with E-state index in [1.165, 1.54) is 23.9 Å². The Labute approximate surface area is 168 Å². The minimum Gasteiger partial charge on any atom is -0.373 e. The predicted molar refractivity (Wildman–Crippen MR) is 111 cm³/mol. The van der Waals surface area contributed by atoms with E-state index in [-0.39, 0.29) is 22.9 Å². The molecule has 0 saturated carbocycles. The number of carbonyl (C=O) groups is 2. The summed E-state index contributed by atoms with van der Waals surface area (Å²) in [4.78, 5) is 26.8. The molecule has 2 unspecified atom stereocenters. The van der Waals surface area contributed by atoms with Crippen LogP contribution in [0.25, 0.3) is 0 Å². The van der Waals surface area contributed by atoms with Crippen molar-refractivity contribution < 1.29 is 14.0 Å². The summed E-state index contributed by atoms with van der Waals surface area (Å²) in [6.45, 7) is 1.18. The van der Waals surface area contributed by atoms with Gasteiger partial charge in [-0.2, -0.15) is 0 Å². The van der Waals surface area contributed by atoms with Crippen molar-refractivity contribution in [2.24, 2.45) is 0 Å². The summed E-state index contributed by atoms with van der Waals surface area (Å²) in [5, 5.41) is 5.44. The molecule has 1 aliphatic heterocycles. The van der Waals surface area contributed by atoms with Crippen LogP contribution in [0.15, 0.2) is 54.6 Å². The third kappa shape index (κ3) is 5.48. The van der Waals surface area contributed by atoms with Crippen LogP contribution in [0.5, 0.6) is 0 Å². The number of thioether (sulfide) groups is 1. The Kier molecular flexibility index (Phi) is 6.92. The second-order valence-electron chi connectivity index (χ2n) is 6.76. The molecule has 28 heavy (non-hydrogen) atoms. The van der Waals surface area contributed by atoms with Crippen LogP contribution >= 0.6 is 11.8 Å². The fourth-order valence-electron chi connectivity index (χ4n) is 3.00. The molecule has 7 heteroatoms. The van der Waals surface area contributed by atoms with Gasteiger partial charge in [0.25, 0.3) is 0 Å². The fourth-order valence-corrected chi connectivity index (χ4v) is 4.19. The van der Waals surface area contributed by atoms with Gasteiger partial charge >= 0.3 is 0 Å². The maximum atomic E-state index is 13.0. The minimum atomic E-state index is -0.524. The molecule has 2 N–H and O–H groups in total. The molecule has 2 aromatic carbocycles. The number of likely N-dealkylation sites (N-methyl/N-ethyl adjacent to an activating group) is 1. The van der Waals surface area contributed by atoms with Gasteiger partial charge in [-0.25, -0.2) is 4.39 Å². The Morgan fingerprint density at radius 3 is 2.61 bits per heavy atom. The van der Waals surface area contributed by atoms with Gasteiger partial charge in [0.15, 0.2) is 0 Å². The molecule has 1 saturated heterocycles.